The maximum atomic E-state index is 13.0. The lowest BCUT2D eigenvalue weighted by atomic mass is 9.97. The van der Waals surface area contributed by atoms with Crippen molar-refractivity contribution in [3.63, 3.8) is 0 Å². The van der Waals surface area contributed by atoms with E-state index in [2.05, 4.69) is 45.0 Å². The van der Waals surface area contributed by atoms with Crippen molar-refractivity contribution in [1.29, 1.82) is 0 Å². The van der Waals surface area contributed by atoms with Gasteiger partial charge in [-0.1, -0.05) is 233 Å². The van der Waals surface area contributed by atoms with Crippen LogP contribution in [0.25, 0.3) is 0 Å². The molecule has 0 spiro atoms. The van der Waals surface area contributed by atoms with Gasteiger partial charge in [-0.2, -0.15) is 0 Å². The monoisotopic (exact) mass is 1030 g/mol. The Labute approximate surface area is 442 Å². The third-order valence-electron chi connectivity index (χ3n) is 14.2. The Bertz CT molecular complexity index is 2720. The molecule has 75 heavy (non-hydrogen) atoms. The summed E-state index contributed by atoms with van der Waals surface area (Å²) in [6.07, 6.45) is -9.67. The predicted octanol–water partition coefficient (Wildman–Crippen LogP) is 9.85. The summed E-state index contributed by atoms with van der Waals surface area (Å²) in [6, 6.07) is 70.6. The van der Waals surface area contributed by atoms with Crippen LogP contribution in [0, 0.1) is 0 Å². The second-order valence-electron chi connectivity index (χ2n) is 20.4. The molecule has 12 heteroatoms. The van der Waals surface area contributed by atoms with E-state index in [4.69, 9.17) is 47.1 Å². The summed E-state index contributed by atoms with van der Waals surface area (Å²) in [4.78, 5) is 0. The Balaban J connectivity index is 1.00. The highest BCUT2D eigenvalue weighted by atomic mass is 28.4. The van der Waals surface area contributed by atoms with Gasteiger partial charge in [0, 0.05) is 5.56 Å². The molecule has 0 aliphatic carbocycles. The van der Waals surface area contributed by atoms with Crippen LogP contribution in [-0.4, -0.2) is 88.0 Å². The van der Waals surface area contributed by atoms with Crippen molar-refractivity contribution in [2.24, 2.45) is 0 Å². The molecule has 1 unspecified atom stereocenters. The van der Waals surface area contributed by atoms with Gasteiger partial charge < -0.3 is 52.2 Å². The van der Waals surface area contributed by atoms with Crippen molar-refractivity contribution >= 4 is 18.7 Å². The van der Waals surface area contributed by atoms with Crippen LogP contribution in [0.1, 0.15) is 54.9 Å². The summed E-state index contributed by atoms with van der Waals surface area (Å²) in [7, 11) is -3.31. The van der Waals surface area contributed by atoms with Crippen molar-refractivity contribution < 1.29 is 52.2 Å². The van der Waals surface area contributed by atoms with Gasteiger partial charge in [-0.05, 0) is 37.7 Å². The fourth-order valence-corrected chi connectivity index (χ4v) is 15.2. The van der Waals surface area contributed by atoms with Gasteiger partial charge >= 0.3 is 0 Å². The van der Waals surface area contributed by atoms with Crippen molar-refractivity contribution in [2.75, 3.05) is 13.2 Å². The van der Waals surface area contributed by atoms with E-state index < -0.39 is 81.1 Å². The van der Waals surface area contributed by atoms with Gasteiger partial charge in [-0.25, -0.2) is 0 Å². The molecule has 0 aromatic heterocycles. The summed E-state index contributed by atoms with van der Waals surface area (Å²) in [6.45, 7) is 7.73. The van der Waals surface area contributed by atoms with Gasteiger partial charge in [0.15, 0.2) is 18.9 Å². The molecule has 3 aliphatic heterocycles. The molecular weight excluding hydrogens is 961 g/mol. The fourth-order valence-electron chi connectivity index (χ4n) is 10.5. The molecule has 11 nitrogen and oxygen atoms in total. The van der Waals surface area contributed by atoms with Gasteiger partial charge in [0.05, 0.1) is 39.6 Å². The van der Waals surface area contributed by atoms with Crippen LogP contribution in [0.15, 0.2) is 212 Å². The molecule has 0 saturated carbocycles. The first-order chi connectivity index (χ1) is 36.7. The van der Waals surface area contributed by atoms with Gasteiger partial charge in [0.25, 0.3) is 8.32 Å². The van der Waals surface area contributed by atoms with Gasteiger partial charge in [-0.3, -0.25) is 0 Å². The first-order valence-corrected chi connectivity index (χ1v) is 28.0. The summed E-state index contributed by atoms with van der Waals surface area (Å²) in [5.41, 5.74) is 4.74. The minimum atomic E-state index is -3.31. The first-order valence-electron chi connectivity index (χ1n) is 26.1. The van der Waals surface area contributed by atoms with E-state index in [1.807, 2.05) is 188 Å². The quantitative estimate of drug-likeness (QED) is 0.0737. The molecule has 11 atom stereocenters. The average molecular weight is 1030 g/mol. The van der Waals surface area contributed by atoms with E-state index in [0.717, 1.165) is 38.2 Å². The lowest BCUT2D eigenvalue weighted by molar-refractivity contribution is -0.370. The number of hydrogen-bond donors (Lipinski definition) is 1. The van der Waals surface area contributed by atoms with E-state index in [0.29, 0.717) is 0 Å². The minimum Gasteiger partial charge on any atom is -0.399 e. The van der Waals surface area contributed by atoms with Gasteiger partial charge in [0.2, 0.25) is 0 Å². The maximum absolute atomic E-state index is 13.0. The summed E-state index contributed by atoms with van der Waals surface area (Å²) in [5.74, 6) is 0. The van der Waals surface area contributed by atoms with Crippen LogP contribution >= 0.6 is 0 Å². The van der Waals surface area contributed by atoms with Crippen molar-refractivity contribution in [2.45, 2.75) is 120 Å². The Morgan fingerprint density at radius 2 is 0.880 bits per heavy atom. The Morgan fingerprint density at radius 1 is 0.453 bits per heavy atom. The fraction of sp³-hybridized carbons (Fsp3) is 0.333. The molecule has 0 amide bonds. The zero-order valence-electron chi connectivity index (χ0n) is 42.8. The third-order valence-corrected chi connectivity index (χ3v) is 19.3. The molecule has 7 aromatic carbocycles. The Morgan fingerprint density at radius 3 is 1.36 bits per heavy atom. The normalized spacial score (nSPS) is 26.1. The van der Waals surface area contributed by atoms with E-state index >= 15 is 0 Å². The average Bonchev–Trinajstić information content (AvgIpc) is 3.46. The van der Waals surface area contributed by atoms with Crippen LogP contribution in [0.3, 0.4) is 0 Å². The number of aliphatic hydroxyl groups excluding tert-OH is 1. The van der Waals surface area contributed by atoms with Crippen molar-refractivity contribution in [1.82, 2.24) is 0 Å². The van der Waals surface area contributed by atoms with Gasteiger partial charge in [-0.15, -0.1) is 0 Å². The van der Waals surface area contributed by atoms with E-state index in [1.54, 1.807) is 0 Å². The van der Waals surface area contributed by atoms with E-state index in [-0.39, 0.29) is 39.6 Å². The zero-order valence-corrected chi connectivity index (χ0v) is 43.8. The molecular formula is C63H68O11Si. The third kappa shape index (κ3) is 12.6. The standard InChI is InChI=1S/C63H68O11Si/c1-63(2,3)75(50-35-21-9-22-36-50,51-37-23-10-24-38-51)74-57-54(64)61(71-53-44-69-60(73-56(53)57)49-33-19-8-20-34-49)70-43-52-55(65-39-45-25-11-4-12-26-45)58(66-40-46-27-13-5-14-28-46)59(67-41-47-29-15-6-16-30-47)62(72-52)68-42-48-31-17-7-18-32-48/h4-38,52-62,64H,39-44H2,1-3H3/t52-,53-,54+,55-,56-,57-,58+,59-,60?,61-,62-/m1/s1. The summed E-state index contributed by atoms with van der Waals surface area (Å²) >= 11 is 0. The van der Waals surface area contributed by atoms with E-state index in [1.165, 1.54) is 0 Å². The highest BCUT2D eigenvalue weighted by Gasteiger charge is 2.58. The molecule has 0 radical (unpaired) electrons. The van der Waals surface area contributed by atoms with Crippen LogP contribution in [0.2, 0.25) is 5.04 Å². The van der Waals surface area contributed by atoms with Crippen LogP contribution < -0.4 is 10.4 Å². The summed E-state index contributed by atoms with van der Waals surface area (Å²) < 4.78 is 69.5. The summed E-state index contributed by atoms with van der Waals surface area (Å²) in [5, 5.41) is 14.7. The largest absolute Gasteiger partial charge is 0.399 e. The molecule has 7 aromatic rings. The number of benzene rings is 7. The second-order valence-corrected chi connectivity index (χ2v) is 24.7. The maximum Gasteiger partial charge on any atom is 0.261 e. The molecule has 10 rings (SSSR count). The van der Waals surface area contributed by atoms with Crippen LogP contribution in [0.5, 0.6) is 0 Å². The highest BCUT2D eigenvalue weighted by Crippen LogP contribution is 2.43. The zero-order chi connectivity index (χ0) is 51.5. The van der Waals surface area contributed by atoms with E-state index in [9.17, 15) is 5.11 Å². The van der Waals surface area contributed by atoms with Crippen molar-refractivity contribution in [3.05, 3.63) is 240 Å². The Kier molecular flexibility index (Phi) is 17.6. The molecule has 0 bridgehead atoms. The number of aliphatic hydroxyl groups is 1. The first kappa shape index (κ1) is 52.7. The molecule has 3 aliphatic rings. The van der Waals surface area contributed by atoms with Crippen molar-refractivity contribution in [3.8, 4) is 0 Å². The minimum absolute atomic E-state index is 0.0966. The number of fused-ring (bicyclic) bond motifs is 1. The van der Waals surface area contributed by atoms with Gasteiger partial charge in [0.1, 0.15) is 48.8 Å². The smallest absolute Gasteiger partial charge is 0.261 e. The number of ether oxygens (including phenoxy) is 9. The molecule has 3 saturated heterocycles. The molecule has 3 heterocycles. The lowest BCUT2D eigenvalue weighted by Crippen LogP contribution is -2.73. The molecule has 390 valence electrons. The lowest BCUT2D eigenvalue weighted by Gasteiger charge is -2.53. The highest BCUT2D eigenvalue weighted by molar-refractivity contribution is 6.99. The predicted molar refractivity (Wildman–Crippen MR) is 288 cm³/mol. The van der Waals surface area contributed by atoms with Crippen LogP contribution in [0.4, 0.5) is 0 Å². The van der Waals surface area contributed by atoms with Crippen LogP contribution in [-0.2, 0) is 73.5 Å². The topological polar surface area (TPSA) is 113 Å². The molecule has 1 N–H and O–H groups in total. The molecule has 3 fully saturated rings. The Hall–Kier alpha value is -5.68. The number of rotatable bonds is 20. The number of hydrogen-bond acceptors (Lipinski definition) is 11. The SMILES string of the molecule is CC(C)(C)[Si](O[C@@H]1[C@H](O)[C@H](OC[C@H]2O[C@@H](OCc3ccccc3)[C@H](OCc3ccccc3)[C@@H](OCc3ccccc3)[C@@H]2OCc2ccccc2)O[C@@H]2COC(c3ccccc3)O[C@@H]12)(c1ccccc1)c1ccccc1. The second kappa shape index (κ2) is 25.0.